The molecular weight excluding hydrogens is 196 g/mol. The van der Waals surface area contributed by atoms with Crippen molar-refractivity contribution in [2.45, 2.75) is 19.4 Å². The Morgan fingerprint density at radius 3 is 2.80 bits per heavy atom. The van der Waals surface area contributed by atoms with Gasteiger partial charge in [0.1, 0.15) is 0 Å². The maximum atomic E-state index is 11.3. The van der Waals surface area contributed by atoms with E-state index in [0.29, 0.717) is 26.2 Å². The molecule has 5 nitrogen and oxygen atoms in total. The van der Waals surface area contributed by atoms with Gasteiger partial charge in [0.2, 0.25) is 0 Å². The molecule has 0 atom stereocenters. The molecule has 2 amide bonds. The summed E-state index contributed by atoms with van der Waals surface area (Å²) in [5, 5.41) is 2.76. The Morgan fingerprint density at radius 1 is 1.47 bits per heavy atom. The summed E-state index contributed by atoms with van der Waals surface area (Å²) in [6.07, 6.45) is 1.12. The Kier molecular flexibility index (Phi) is 5.42. The van der Waals surface area contributed by atoms with Crippen molar-refractivity contribution in [2.24, 2.45) is 0 Å². The number of methoxy groups -OCH3 is 1. The SMILES string of the molecule is CCNC(=O)N1CC(OCCCOC)C1. The van der Waals surface area contributed by atoms with Gasteiger partial charge in [-0.2, -0.15) is 0 Å². The van der Waals surface area contributed by atoms with Crippen LogP contribution in [0.15, 0.2) is 0 Å². The first-order chi connectivity index (χ1) is 7.27. The largest absolute Gasteiger partial charge is 0.385 e. The van der Waals surface area contributed by atoms with Gasteiger partial charge < -0.3 is 19.7 Å². The summed E-state index contributed by atoms with van der Waals surface area (Å²) in [5.74, 6) is 0. The minimum atomic E-state index is 0.00856. The minimum Gasteiger partial charge on any atom is -0.385 e. The lowest BCUT2D eigenvalue weighted by Gasteiger charge is -2.38. The number of urea groups is 1. The van der Waals surface area contributed by atoms with Crippen LogP contribution in [-0.2, 0) is 9.47 Å². The first-order valence-corrected chi connectivity index (χ1v) is 5.41. The van der Waals surface area contributed by atoms with E-state index in [9.17, 15) is 4.79 Å². The Bertz CT molecular complexity index is 193. The van der Waals surface area contributed by atoms with Crippen molar-refractivity contribution in [1.29, 1.82) is 0 Å². The van der Waals surface area contributed by atoms with Gasteiger partial charge in [-0.25, -0.2) is 4.79 Å². The standard InChI is InChI=1S/C10H20N2O3/c1-3-11-10(13)12-7-9(8-12)15-6-4-5-14-2/h9H,3-8H2,1-2H3,(H,11,13). The van der Waals surface area contributed by atoms with Crippen LogP contribution in [-0.4, -0.2) is 57.0 Å². The maximum absolute atomic E-state index is 11.3. The first kappa shape index (κ1) is 12.3. The summed E-state index contributed by atoms with van der Waals surface area (Å²) in [7, 11) is 1.68. The highest BCUT2D eigenvalue weighted by molar-refractivity contribution is 5.75. The van der Waals surface area contributed by atoms with Crippen molar-refractivity contribution in [3.8, 4) is 0 Å². The minimum absolute atomic E-state index is 0.00856. The number of rotatable bonds is 6. The van der Waals surface area contributed by atoms with E-state index >= 15 is 0 Å². The number of hydrogen-bond donors (Lipinski definition) is 1. The molecule has 1 saturated heterocycles. The van der Waals surface area contributed by atoms with Crippen LogP contribution >= 0.6 is 0 Å². The maximum Gasteiger partial charge on any atom is 0.317 e. The van der Waals surface area contributed by atoms with Crippen LogP contribution in [0.2, 0.25) is 0 Å². The van der Waals surface area contributed by atoms with E-state index in [2.05, 4.69) is 5.32 Å². The number of carbonyl (C=O) groups is 1. The topological polar surface area (TPSA) is 50.8 Å². The molecule has 0 unspecified atom stereocenters. The molecule has 1 aliphatic rings. The summed E-state index contributed by atoms with van der Waals surface area (Å²) in [6, 6.07) is 0.00856. The van der Waals surface area contributed by atoms with Gasteiger partial charge in [-0.1, -0.05) is 0 Å². The quantitative estimate of drug-likeness (QED) is 0.656. The molecule has 0 saturated carbocycles. The molecule has 1 aliphatic heterocycles. The Morgan fingerprint density at radius 2 is 2.20 bits per heavy atom. The third-order valence-electron chi connectivity index (χ3n) is 2.31. The smallest absolute Gasteiger partial charge is 0.317 e. The van der Waals surface area contributed by atoms with Crippen molar-refractivity contribution in [3.05, 3.63) is 0 Å². The highest BCUT2D eigenvalue weighted by atomic mass is 16.5. The molecule has 0 aromatic rings. The molecule has 1 N–H and O–H groups in total. The molecular formula is C10H20N2O3. The van der Waals surface area contributed by atoms with Gasteiger partial charge in [-0.3, -0.25) is 0 Å². The average molecular weight is 216 g/mol. The van der Waals surface area contributed by atoms with Gasteiger partial charge >= 0.3 is 6.03 Å². The fourth-order valence-corrected chi connectivity index (χ4v) is 1.43. The number of nitrogens with zero attached hydrogens (tertiary/aromatic N) is 1. The zero-order valence-corrected chi connectivity index (χ0v) is 9.49. The number of ether oxygens (including phenoxy) is 2. The van der Waals surface area contributed by atoms with Gasteiger partial charge in [0.05, 0.1) is 19.2 Å². The van der Waals surface area contributed by atoms with Gasteiger partial charge in [0.25, 0.3) is 0 Å². The molecule has 0 bridgehead atoms. The molecule has 0 aromatic heterocycles. The second kappa shape index (κ2) is 6.63. The lowest BCUT2D eigenvalue weighted by atomic mass is 10.2. The summed E-state index contributed by atoms with van der Waals surface area (Å²) in [4.78, 5) is 13.0. The molecule has 88 valence electrons. The normalized spacial score (nSPS) is 16.3. The highest BCUT2D eigenvalue weighted by Gasteiger charge is 2.30. The Hall–Kier alpha value is -0.810. The molecule has 1 fully saturated rings. The number of hydrogen-bond acceptors (Lipinski definition) is 3. The van der Waals surface area contributed by atoms with E-state index in [1.807, 2.05) is 6.92 Å². The lowest BCUT2D eigenvalue weighted by Crippen LogP contribution is -2.57. The molecule has 0 aliphatic carbocycles. The summed E-state index contributed by atoms with van der Waals surface area (Å²) >= 11 is 0. The number of nitrogens with one attached hydrogen (secondary N) is 1. The van der Waals surface area contributed by atoms with Crippen molar-refractivity contribution >= 4 is 6.03 Å². The van der Waals surface area contributed by atoms with E-state index in [4.69, 9.17) is 9.47 Å². The molecule has 0 radical (unpaired) electrons. The lowest BCUT2D eigenvalue weighted by molar-refractivity contribution is -0.0400. The molecule has 15 heavy (non-hydrogen) atoms. The molecule has 0 aromatic carbocycles. The van der Waals surface area contributed by atoms with Crippen LogP contribution in [0.25, 0.3) is 0 Å². The van der Waals surface area contributed by atoms with Crippen LogP contribution in [0.1, 0.15) is 13.3 Å². The third kappa shape index (κ3) is 4.05. The Balaban J connectivity index is 1.97. The molecule has 1 heterocycles. The van der Waals surface area contributed by atoms with Crippen LogP contribution in [0.5, 0.6) is 0 Å². The van der Waals surface area contributed by atoms with Crippen molar-refractivity contribution in [3.63, 3.8) is 0 Å². The van der Waals surface area contributed by atoms with E-state index in [1.165, 1.54) is 0 Å². The highest BCUT2D eigenvalue weighted by Crippen LogP contribution is 2.11. The van der Waals surface area contributed by atoms with Crippen molar-refractivity contribution in [2.75, 3.05) is 40.0 Å². The summed E-state index contributed by atoms with van der Waals surface area (Å²) in [5.41, 5.74) is 0. The van der Waals surface area contributed by atoms with Crippen LogP contribution in [0.4, 0.5) is 4.79 Å². The van der Waals surface area contributed by atoms with E-state index in [-0.39, 0.29) is 12.1 Å². The fourth-order valence-electron chi connectivity index (χ4n) is 1.43. The predicted molar refractivity (Wildman–Crippen MR) is 56.9 cm³/mol. The van der Waals surface area contributed by atoms with Gasteiger partial charge in [-0.05, 0) is 13.3 Å². The van der Waals surface area contributed by atoms with Crippen molar-refractivity contribution < 1.29 is 14.3 Å². The predicted octanol–water partition coefficient (Wildman–Crippen LogP) is 0.453. The van der Waals surface area contributed by atoms with E-state index < -0.39 is 0 Å². The zero-order chi connectivity index (χ0) is 11.1. The summed E-state index contributed by atoms with van der Waals surface area (Å²) < 4.78 is 10.4. The molecule has 5 heteroatoms. The van der Waals surface area contributed by atoms with Crippen molar-refractivity contribution in [1.82, 2.24) is 10.2 Å². The van der Waals surface area contributed by atoms with Crippen LogP contribution in [0, 0.1) is 0 Å². The Labute approximate surface area is 90.7 Å². The number of carbonyl (C=O) groups excluding carboxylic acids is 1. The first-order valence-electron chi connectivity index (χ1n) is 5.41. The fraction of sp³-hybridized carbons (Fsp3) is 0.900. The third-order valence-corrected chi connectivity index (χ3v) is 2.31. The number of amides is 2. The van der Waals surface area contributed by atoms with E-state index in [0.717, 1.165) is 13.0 Å². The number of likely N-dealkylation sites (tertiary alicyclic amines) is 1. The van der Waals surface area contributed by atoms with Gasteiger partial charge in [0.15, 0.2) is 0 Å². The monoisotopic (exact) mass is 216 g/mol. The second-order valence-corrected chi connectivity index (χ2v) is 3.58. The second-order valence-electron chi connectivity index (χ2n) is 3.58. The van der Waals surface area contributed by atoms with Gasteiger partial charge in [-0.15, -0.1) is 0 Å². The van der Waals surface area contributed by atoms with Crippen LogP contribution < -0.4 is 5.32 Å². The van der Waals surface area contributed by atoms with E-state index in [1.54, 1.807) is 12.0 Å². The summed E-state index contributed by atoms with van der Waals surface area (Å²) in [6.45, 7) is 5.44. The van der Waals surface area contributed by atoms with Gasteiger partial charge in [0, 0.05) is 26.9 Å². The average Bonchev–Trinajstić information content (AvgIpc) is 2.15. The molecule has 0 spiro atoms. The molecule has 1 rings (SSSR count). The zero-order valence-electron chi connectivity index (χ0n) is 9.49. The van der Waals surface area contributed by atoms with Crippen LogP contribution in [0.3, 0.4) is 0 Å².